The monoisotopic (exact) mass is 454 g/mol. The van der Waals surface area contributed by atoms with Crippen molar-refractivity contribution in [3.8, 4) is 17.2 Å². The Hall–Kier alpha value is -2.65. The Morgan fingerprint density at radius 2 is 1.90 bits per heavy atom. The lowest BCUT2D eigenvalue weighted by Crippen LogP contribution is -2.41. The molecule has 30 heavy (non-hydrogen) atoms. The van der Waals surface area contributed by atoms with Gasteiger partial charge in [0.05, 0.1) is 25.1 Å². The number of benzene rings is 2. The number of sulfonamides is 1. The van der Waals surface area contributed by atoms with Crippen molar-refractivity contribution in [2.24, 2.45) is 0 Å². The van der Waals surface area contributed by atoms with Crippen LogP contribution in [0.5, 0.6) is 17.2 Å². The molecule has 1 aliphatic heterocycles. The number of methoxy groups -OCH3 is 1. The Bertz CT molecular complexity index is 1040. The van der Waals surface area contributed by atoms with E-state index in [0.29, 0.717) is 29.7 Å². The first-order valence-electron chi connectivity index (χ1n) is 9.19. The van der Waals surface area contributed by atoms with Gasteiger partial charge in [0.15, 0.2) is 11.5 Å². The number of fused-ring (bicyclic) bond motifs is 1. The first-order chi connectivity index (χ1) is 14.2. The lowest BCUT2D eigenvalue weighted by molar-refractivity contribution is -0.120. The smallest absolute Gasteiger partial charge is 0.241 e. The van der Waals surface area contributed by atoms with Crippen molar-refractivity contribution in [3.63, 3.8) is 0 Å². The normalized spacial score (nSPS) is 14.0. The number of anilines is 1. The van der Waals surface area contributed by atoms with Crippen molar-refractivity contribution in [3.05, 3.63) is 47.0 Å². The van der Waals surface area contributed by atoms with Crippen LogP contribution in [0.25, 0.3) is 0 Å². The first-order valence-corrected chi connectivity index (χ1v) is 11.4. The Kier molecular flexibility index (Phi) is 6.62. The number of nitrogens with zero attached hydrogens (tertiary/aromatic N) is 1. The number of hydrogen-bond acceptors (Lipinski definition) is 6. The van der Waals surface area contributed by atoms with E-state index in [1.165, 1.54) is 13.2 Å². The number of amides is 1. The van der Waals surface area contributed by atoms with E-state index in [2.05, 4.69) is 5.32 Å². The van der Waals surface area contributed by atoms with Gasteiger partial charge in [-0.25, -0.2) is 8.42 Å². The van der Waals surface area contributed by atoms with Crippen LogP contribution in [0, 0.1) is 0 Å². The highest BCUT2D eigenvalue weighted by Crippen LogP contribution is 2.34. The molecule has 0 spiro atoms. The molecule has 0 fully saturated rings. The summed E-state index contributed by atoms with van der Waals surface area (Å²) in [6.07, 6.45) is 1.02. The van der Waals surface area contributed by atoms with Crippen molar-refractivity contribution < 1.29 is 27.4 Å². The average Bonchev–Trinajstić information content (AvgIpc) is 2.70. The van der Waals surface area contributed by atoms with Gasteiger partial charge in [0.2, 0.25) is 15.9 Å². The van der Waals surface area contributed by atoms with Gasteiger partial charge in [0, 0.05) is 5.02 Å². The van der Waals surface area contributed by atoms with Crippen molar-refractivity contribution >= 4 is 33.2 Å². The topological polar surface area (TPSA) is 94.2 Å². The summed E-state index contributed by atoms with van der Waals surface area (Å²) in [4.78, 5) is 12.7. The summed E-state index contributed by atoms with van der Waals surface area (Å²) in [5.41, 5.74) is 0.994. The minimum absolute atomic E-state index is 0.189. The molecule has 162 valence electrons. The fourth-order valence-electron chi connectivity index (χ4n) is 3.07. The average molecular weight is 455 g/mol. The third-order valence-electron chi connectivity index (χ3n) is 4.54. The molecule has 2 aromatic rings. The summed E-state index contributed by atoms with van der Waals surface area (Å²) in [6, 6.07) is 9.60. The molecular weight excluding hydrogens is 432 g/mol. The fraction of sp³-hybridized carbons (Fsp3) is 0.350. The summed E-state index contributed by atoms with van der Waals surface area (Å²) in [5.74, 6) is 1.07. The van der Waals surface area contributed by atoms with Gasteiger partial charge < -0.3 is 19.5 Å². The van der Waals surface area contributed by atoms with Crippen molar-refractivity contribution in [2.75, 3.05) is 37.4 Å². The van der Waals surface area contributed by atoms with Gasteiger partial charge in [-0.05, 0) is 42.8 Å². The van der Waals surface area contributed by atoms with E-state index in [1.807, 2.05) is 6.07 Å². The zero-order chi connectivity index (χ0) is 21.9. The molecule has 10 heteroatoms. The van der Waals surface area contributed by atoms with Crippen LogP contribution in [0.2, 0.25) is 5.02 Å². The summed E-state index contributed by atoms with van der Waals surface area (Å²) < 4.78 is 42.0. The highest BCUT2D eigenvalue weighted by molar-refractivity contribution is 7.92. The number of halogens is 1. The number of carbonyl (C=O) groups is 1. The van der Waals surface area contributed by atoms with Crippen LogP contribution in [0.15, 0.2) is 36.4 Å². The van der Waals surface area contributed by atoms with E-state index in [4.69, 9.17) is 25.8 Å². The summed E-state index contributed by atoms with van der Waals surface area (Å²) in [5, 5.41) is 3.14. The Morgan fingerprint density at radius 3 is 2.57 bits per heavy atom. The minimum Gasteiger partial charge on any atom is -0.495 e. The molecule has 1 atom stereocenters. The molecule has 1 heterocycles. The fourth-order valence-corrected chi connectivity index (χ4v) is 4.09. The maximum absolute atomic E-state index is 12.7. The minimum atomic E-state index is -3.78. The van der Waals surface area contributed by atoms with E-state index < -0.39 is 22.5 Å². The highest BCUT2D eigenvalue weighted by atomic mass is 35.5. The summed E-state index contributed by atoms with van der Waals surface area (Å²) in [6.45, 7) is 2.33. The van der Waals surface area contributed by atoms with Gasteiger partial charge in [-0.1, -0.05) is 17.7 Å². The van der Waals surface area contributed by atoms with Crippen LogP contribution in [0.3, 0.4) is 0 Å². The van der Waals surface area contributed by atoms with Gasteiger partial charge in [-0.15, -0.1) is 0 Å². The van der Waals surface area contributed by atoms with Crippen LogP contribution < -0.4 is 23.8 Å². The van der Waals surface area contributed by atoms with Crippen LogP contribution in [-0.4, -0.2) is 47.4 Å². The van der Waals surface area contributed by atoms with E-state index in [1.54, 1.807) is 31.2 Å². The molecule has 0 unspecified atom stereocenters. The van der Waals surface area contributed by atoms with Crippen molar-refractivity contribution in [1.82, 2.24) is 5.32 Å². The predicted molar refractivity (Wildman–Crippen MR) is 114 cm³/mol. The lowest BCUT2D eigenvalue weighted by Gasteiger charge is -2.25. The molecule has 0 aliphatic carbocycles. The van der Waals surface area contributed by atoms with Gasteiger partial charge in [-0.3, -0.25) is 9.10 Å². The molecule has 0 saturated carbocycles. The van der Waals surface area contributed by atoms with Crippen LogP contribution >= 0.6 is 11.6 Å². The molecule has 2 aromatic carbocycles. The second-order valence-corrected chi connectivity index (χ2v) is 9.12. The molecule has 3 rings (SSSR count). The maximum atomic E-state index is 12.7. The van der Waals surface area contributed by atoms with Crippen LogP contribution in [-0.2, 0) is 14.8 Å². The molecule has 1 amide bonds. The molecule has 0 radical (unpaired) electrons. The van der Waals surface area contributed by atoms with Gasteiger partial charge >= 0.3 is 0 Å². The largest absolute Gasteiger partial charge is 0.495 e. The Morgan fingerprint density at radius 1 is 1.20 bits per heavy atom. The van der Waals surface area contributed by atoms with E-state index in [-0.39, 0.29) is 17.5 Å². The zero-order valence-electron chi connectivity index (χ0n) is 16.8. The summed E-state index contributed by atoms with van der Waals surface area (Å²) in [7, 11) is -2.36. The van der Waals surface area contributed by atoms with Crippen molar-refractivity contribution in [2.45, 2.75) is 13.0 Å². The van der Waals surface area contributed by atoms with Gasteiger partial charge in [0.25, 0.3) is 0 Å². The number of carbonyl (C=O) groups excluding carboxylic acids is 1. The highest BCUT2D eigenvalue weighted by Gasteiger charge is 2.25. The molecular formula is C20H23ClN2O6S. The van der Waals surface area contributed by atoms with E-state index in [0.717, 1.165) is 16.1 Å². The number of nitrogens with one attached hydrogen (secondary N) is 1. The molecule has 8 nitrogen and oxygen atoms in total. The van der Waals surface area contributed by atoms with Gasteiger partial charge in [0.1, 0.15) is 25.5 Å². The molecule has 0 saturated heterocycles. The second-order valence-electron chi connectivity index (χ2n) is 6.78. The molecule has 0 aromatic heterocycles. The number of ether oxygens (including phenoxy) is 3. The number of hydrogen-bond donors (Lipinski definition) is 1. The number of rotatable bonds is 7. The molecule has 0 bridgehead atoms. The Balaban J connectivity index is 1.78. The standard InChI is InChI=1S/C20H23ClN2O6S/c1-13(14-4-6-18-19(10-14)29-9-8-28-18)22-20(24)12-23(30(3,25)26)16-11-15(21)5-7-17(16)27-2/h4-7,10-11,13H,8-9,12H2,1-3H3,(H,22,24)/t13-/m0/s1. The first kappa shape index (κ1) is 22.0. The zero-order valence-corrected chi connectivity index (χ0v) is 18.4. The van der Waals surface area contributed by atoms with Crippen molar-refractivity contribution in [1.29, 1.82) is 0 Å². The second kappa shape index (κ2) is 9.01. The lowest BCUT2D eigenvalue weighted by atomic mass is 10.1. The maximum Gasteiger partial charge on any atom is 0.241 e. The van der Waals surface area contributed by atoms with E-state index >= 15 is 0 Å². The van der Waals surface area contributed by atoms with Crippen LogP contribution in [0.4, 0.5) is 5.69 Å². The predicted octanol–water partition coefficient (Wildman–Crippen LogP) is 2.76. The molecule has 1 N–H and O–H groups in total. The molecule has 1 aliphatic rings. The third kappa shape index (κ3) is 5.09. The third-order valence-corrected chi connectivity index (χ3v) is 5.90. The van der Waals surface area contributed by atoms with Crippen LogP contribution in [0.1, 0.15) is 18.5 Å². The van der Waals surface area contributed by atoms with E-state index in [9.17, 15) is 13.2 Å². The Labute approximate surface area is 180 Å². The summed E-state index contributed by atoms with van der Waals surface area (Å²) >= 11 is 6.03. The quantitative estimate of drug-likeness (QED) is 0.691. The van der Waals surface area contributed by atoms with Gasteiger partial charge in [-0.2, -0.15) is 0 Å². The SMILES string of the molecule is COc1ccc(Cl)cc1N(CC(=O)N[C@@H](C)c1ccc2c(c1)OCCO2)S(C)(=O)=O.